The van der Waals surface area contributed by atoms with Gasteiger partial charge in [0.25, 0.3) is 0 Å². The molecule has 0 saturated heterocycles. The molecular formula is C16H14Cl2N4O. The summed E-state index contributed by atoms with van der Waals surface area (Å²) >= 11 is 12.1. The van der Waals surface area contributed by atoms with Gasteiger partial charge in [-0.3, -0.25) is 0 Å². The first kappa shape index (κ1) is 15.6. The number of ether oxygens (including phenoxy) is 1. The fraction of sp³-hybridized carbons (Fsp3) is 0.125. The highest BCUT2D eigenvalue weighted by molar-refractivity contribution is 6.35. The topological polar surface area (TPSA) is 62.8 Å². The Morgan fingerprint density at radius 1 is 1.09 bits per heavy atom. The van der Waals surface area contributed by atoms with Crippen LogP contribution < -0.4 is 10.1 Å². The van der Waals surface area contributed by atoms with Crippen LogP contribution in [0.3, 0.4) is 0 Å². The van der Waals surface area contributed by atoms with Gasteiger partial charge in [-0.25, -0.2) is 10.1 Å². The van der Waals surface area contributed by atoms with Crippen LogP contribution in [-0.2, 0) is 13.2 Å². The molecule has 118 valence electrons. The Morgan fingerprint density at radius 3 is 2.74 bits per heavy atom. The number of para-hydroxylation sites is 1. The number of nitrogens with one attached hydrogen (secondary N) is 2. The maximum absolute atomic E-state index is 6.17. The summed E-state index contributed by atoms with van der Waals surface area (Å²) in [7, 11) is 0. The number of rotatable bonds is 6. The highest BCUT2D eigenvalue weighted by Crippen LogP contribution is 2.24. The van der Waals surface area contributed by atoms with E-state index in [9.17, 15) is 0 Å². The van der Waals surface area contributed by atoms with Crippen LogP contribution in [0.2, 0.25) is 10.0 Å². The SMILES string of the molecule is Clc1ccc(COc2ccccc2CNc2ncn[nH]2)c(Cl)c1. The summed E-state index contributed by atoms with van der Waals surface area (Å²) < 4.78 is 5.90. The van der Waals surface area contributed by atoms with Crippen molar-refractivity contribution in [2.45, 2.75) is 13.2 Å². The minimum atomic E-state index is 0.370. The number of hydrogen-bond acceptors (Lipinski definition) is 4. The van der Waals surface area contributed by atoms with Crippen molar-refractivity contribution in [2.75, 3.05) is 5.32 Å². The van der Waals surface area contributed by atoms with Gasteiger partial charge in [0.15, 0.2) is 0 Å². The summed E-state index contributed by atoms with van der Waals surface area (Å²) in [6.45, 7) is 0.940. The van der Waals surface area contributed by atoms with Gasteiger partial charge in [0.1, 0.15) is 18.7 Å². The molecule has 3 rings (SSSR count). The van der Waals surface area contributed by atoms with Gasteiger partial charge in [-0.05, 0) is 18.2 Å². The molecule has 0 aliphatic heterocycles. The molecule has 0 aliphatic rings. The van der Waals surface area contributed by atoms with E-state index in [1.54, 1.807) is 12.1 Å². The zero-order valence-electron chi connectivity index (χ0n) is 12.1. The Labute approximate surface area is 143 Å². The average Bonchev–Trinajstić information content (AvgIpc) is 3.06. The maximum Gasteiger partial charge on any atom is 0.218 e. The second-order valence-corrected chi connectivity index (χ2v) is 5.66. The van der Waals surface area contributed by atoms with Crippen LogP contribution in [0.5, 0.6) is 5.75 Å². The number of H-pyrrole nitrogens is 1. The van der Waals surface area contributed by atoms with Crippen molar-refractivity contribution in [3.8, 4) is 5.75 Å². The lowest BCUT2D eigenvalue weighted by molar-refractivity contribution is 0.303. The molecule has 23 heavy (non-hydrogen) atoms. The average molecular weight is 349 g/mol. The largest absolute Gasteiger partial charge is 0.488 e. The molecule has 2 aromatic carbocycles. The van der Waals surface area contributed by atoms with E-state index in [2.05, 4.69) is 20.5 Å². The summed E-state index contributed by atoms with van der Waals surface area (Å²) in [5.41, 5.74) is 1.89. The van der Waals surface area contributed by atoms with Crippen LogP contribution in [0.25, 0.3) is 0 Å². The Balaban J connectivity index is 1.67. The van der Waals surface area contributed by atoms with E-state index in [4.69, 9.17) is 27.9 Å². The first-order chi connectivity index (χ1) is 11.2. The Bertz CT molecular complexity index is 778. The second kappa shape index (κ2) is 7.35. The third-order valence-electron chi connectivity index (χ3n) is 3.23. The third kappa shape index (κ3) is 4.15. The van der Waals surface area contributed by atoms with E-state index in [-0.39, 0.29) is 0 Å². The van der Waals surface area contributed by atoms with Gasteiger partial charge in [-0.2, -0.15) is 5.10 Å². The van der Waals surface area contributed by atoms with Crippen molar-refractivity contribution in [2.24, 2.45) is 0 Å². The van der Waals surface area contributed by atoms with Gasteiger partial charge >= 0.3 is 0 Å². The maximum atomic E-state index is 6.17. The summed E-state index contributed by atoms with van der Waals surface area (Å²) in [5, 5.41) is 10.9. The van der Waals surface area contributed by atoms with Crippen LogP contribution in [-0.4, -0.2) is 15.2 Å². The number of nitrogens with zero attached hydrogens (tertiary/aromatic N) is 2. The first-order valence-electron chi connectivity index (χ1n) is 6.96. The predicted octanol–water partition coefficient (Wildman–Crippen LogP) is 4.30. The van der Waals surface area contributed by atoms with Crippen molar-refractivity contribution < 1.29 is 4.74 Å². The van der Waals surface area contributed by atoms with Crippen LogP contribution in [0.15, 0.2) is 48.8 Å². The van der Waals surface area contributed by atoms with E-state index < -0.39 is 0 Å². The minimum absolute atomic E-state index is 0.370. The minimum Gasteiger partial charge on any atom is -0.488 e. The quantitative estimate of drug-likeness (QED) is 0.696. The van der Waals surface area contributed by atoms with E-state index in [0.29, 0.717) is 29.1 Å². The molecule has 0 amide bonds. The van der Waals surface area contributed by atoms with Crippen LogP contribution in [0.1, 0.15) is 11.1 Å². The lowest BCUT2D eigenvalue weighted by atomic mass is 10.2. The Morgan fingerprint density at radius 2 is 1.96 bits per heavy atom. The van der Waals surface area contributed by atoms with Crippen molar-refractivity contribution >= 4 is 29.2 Å². The zero-order valence-corrected chi connectivity index (χ0v) is 13.6. The third-order valence-corrected chi connectivity index (χ3v) is 3.82. The molecule has 0 aliphatic carbocycles. The van der Waals surface area contributed by atoms with Crippen molar-refractivity contribution in [1.29, 1.82) is 0 Å². The summed E-state index contributed by atoms with van der Waals surface area (Å²) in [6.07, 6.45) is 1.45. The van der Waals surface area contributed by atoms with Crippen LogP contribution in [0, 0.1) is 0 Å². The van der Waals surface area contributed by atoms with Crippen molar-refractivity contribution in [3.63, 3.8) is 0 Å². The molecule has 7 heteroatoms. The molecule has 0 atom stereocenters. The van der Waals surface area contributed by atoms with Crippen molar-refractivity contribution in [3.05, 3.63) is 70.0 Å². The highest BCUT2D eigenvalue weighted by atomic mass is 35.5. The summed E-state index contributed by atoms with van der Waals surface area (Å²) in [4.78, 5) is 4.03. The van der Waals surface area contributed by atoms with E-state index >= 15 is 0 Å². The molecule has 0 bridgehead atoms. The van der Waals surface area contributed by atoms with Gasteiger partial charge in [0, 0.05) is 27.7 Å². The molecule has 0 unspecified atom stereocenters. The fourth-order valence-electron chi connectivity index (χ4n) is 2.05. The van der Waals surface area contributed by atoms with Crippen LogP contribution >= 0.6 is 23.2 Å². The molecule has 2 N–H and O–H groups in total. The molecule has 3 aromatic rings. The normalized spacial score (nSPS) is 10.5. The van der Waals surface area contributed by atoms with Gasteiger partial charge in [-0.1, -0.05) is 47.5 Å². The number of halogens is 2. The number of benzene rings is 2. The monoisotopic (exact) mass is 348 g/mol. The van der Waals surface area contributed by atoms with Gasteiger partial charge in [-0.15, -0.1) is 0 Å². The standard InChI is InChI=1S/C16H14Cl2N4O/c17-13-6-5-12(14(18)7-13)9-23-15-4-2-1-3-11(15)8-19-16-20-10-21-22-16/h1-7,10H,8-9H2,(H2,19,20,21,22). The number of hydrogen-bond donors (Lipinski definition) is 2. The molecule has 1 aromatic heterocycles. The van der Waals surface area contributed by atoms with Crippen LogP contribution in [0.4, 0.5) is 5.95 Å². The molecular weight excluding hydrogens is 335 g/mol. The molecule has 0 spiro atoms. The lowest BCUT2D eigenvalue weighted by Gasteiger charge is -2.12. The van der Waals surface area contributed by atoms with E-state index in [1.807, 2.05) is 30.3 Å². The molecule has 0 fully saturated rings. The van der Waals surface area contributed by atoms with E-state index in [1.165, 1.54) is 6.33 Å². The zero-order chi connectivity index (χ0) is 16.1. The second-order valence-electron chi connectivity index (χ2n) is 4.82. The Hall–Kier alpha value is -2.24. The Kier molecular flexibility index (Phi) is 5.00. The molecule has 1 heterocycles. The highest BCUT2D eigenvalue weighted by Gasteiger charge is 2.06. The molecule has 0 radical (unpaired) electrons. The van der Waals surface area contributed by atoms with Gasteiger partial charge < -0.3 is 10.1 Å². The smallest absolute Gasteiger partial charge is 0.218 e. The summed E-state index contributed by atoms with van der Waals surface area (Å²) in [6, 6.07) is 13.2. The predicted molar refractivity (Wildman–Crippen MR) is 90.9 cm³/mol. The number of aromatic amines is 1. The van der Waals surface area contributed by atoms with E-state index in [0.717, 1.165) is 16.9 Å². The lowest BCUT2D eigenvalue weighted by Crippen LogP contribution is -2.04. The molecule has 5 nitrogen and oxygen atoms in total. The molecule has 0 saturated carbocycles. The number of anilines is 1. The first-order valence-corrected chi connectivity index (χ1v) is 7.72. The number of aromatic nitrogens is 3. The fourth-order valence-corrected chi connectivity index (χ4v) is 2.52. The van der Waals surface area contributed by atoms with Gasteiger partial charge in [0.05, 0.1) is 0 Å². The van der Waals surface area contributed by atoms with Gasteiger partial charge in [0.2, 0.25) is 5.95 Å². The van der Waals surface area contributed by atoms with Crippen molar-refractivity contribution in [1.82, 2.24) is 15.2 Å². The summed E-state index contributed by atoms with van der Waals surface area (Å²) in [5.74, 6) is 1.39.